The van der Waals surface area contributed by atoms with Gasteiger partial charge in [-0.1, -0.05) is 23.7 Å². The maximum Gasteiger partial charge on any atom is 0.573 e. The summed E-state index contributed by atoms with van der Waals surface area (Å²) in [6, 6.07) is 10.9. The summed E-state index contributed by atoms with van der Waals surface area (Å²) in [7, 11) is 0. The Labute approximate surface area is 157 Å². The van der Waals surface area contributed by atoms with Gasteiger partial charge in [0.2, 0.25) is 0 Å². The molecule has 4 nitrogen and oxygen atoms in total. The fraction of sp³-hybridized carbons (Fsp3) is 0.211. The second-order valence-corrected chi connectivity index (χ2v) is 6.51. The van der Waals surface area contributed by atoms with Crippen LogP contribution in [0.5, 0.6) is 5.75 Å². The maximum absolute atomic E-state index is 12.4. The molecule has 0 radical (unpaired) electrons. The summed E-state index contributed by atoms with van der Waals surface area (Å²) >= 11 is 6.05. The Bertz CT molecular complexity index is 1010. The summed E-state index contributed by atoms with van der Waals surface area (Å²) in [5, 5.41) is 10.4. The van der Waals surface area contributed by atoms with E-state index in [9.17, 15) is 23.1 Å². The van der Waals surface area contributed by atoms with Crippen LogP contribution >= 0.6 is 11.6 Å². The van der Waals surface area contributed by atoms with Crippen molar-refractivity contribution in [3.05, 3.63) is 64.3 Å². The van der Waals surface area contributed by atoms with Crippen LogP contribution in [-0.2, 0) is 17.8 Å². The molecule has 0 spiro atoms. The number of alkyl halides is 3. The minimum absolute atomic E-state index is 0.174. The van der Waals surface area contributed by atoms with Crippen molar-refractivity contribution in [3.8, 4) is 5.75 Å². The highest BCUT2D eigenvalue weighted by molar-refractivity contribution is 6.31. The molecule has 3 rings (SSSR count). The minimum Gasteiger partial charge on any atom is -0.481 e. The summed E-state index contributed by atoms with van der Waals surface area (Å²) in [6.07, 6.45) is -4.94. The molecule has 1 aromatic heterocycles. The van der Waals surface area contributed by atoms with Crippen LogP contribution in [0.1, 0.15) is 16.8 Å². The predicted octanol–water partition coefficient (Wildman–Crippen LogP) is 5.18. The molecule has 8 heteroatoms. The van der Waals surface area contributed by atoms with Crippen LogP contribution < -0.4 is 4.74 Å². The molecule has 0 aliphatic heterocycles. The Morgan fingerprint density at radius 2 is 1.96 bits per heavy atom. The maximum atomic E-state index is 12.4. The smallest absolute Gasteiger partial charge is 0.481 e. The molecule has 3 aromatic rings. The summed E-state index contributed by atoms with van der Waals surface area (Å²) < 4.78 is 43.1. The molecular formula is C19H15ClF3NO3. The van der Waals surface area contributed by atoms with Gasteiger partial charge in [0.1, 0.15) is 5.75 Å². The van der Waals surface area contributed by atoms with E-state index in [4.69, 9.17) is 11.6 Å². The van der Waals surface area contributed by atoms with Crippen LogP contribution in [0.15, 0.2) is 42.5 Å². The van der Waals surface area contributed by atoms with Crippen molar-refractivity contribution in [3.63, 3.8) is 0 Å². The number of hydrogen-bond acceptors (Lipinski definition) is 2. The number of aliphatic carboxylic acids is 1. The zero-order valence-corrected chi connectivity index (χ0v) is 14.9. The molecule has 0 saturated heterocycles. The number of rotatable bonds is 5. The van der Waals surface area contributed by atoms with E-state index in [1.54, 1.807) is 31.2 Å². The van der Waals surface area contributed by atoms with E-state index in [0.717, 1.165) is 11.2 Å². The number of hydrogen-bond donors (Lipinski definition) is 1. The van der Waals surface area contributed by atoms with Crippen LogP contribution in [0.3, 0.4) is 0 Å². The first kappa shape index (κ1) is 19.1. The highest BCUT2D eigenvalue weighted by Gasteiger charge is 2.31. The Balaban J connectivity index is 2.04. The van der Waals surface area contributed by atoms with Crippen LogP contribution in [0, 0.1) is 6.92 Å². The molecule has 2 aromatic carbocycles. The third kappa shape index (κ3) is 4.36. The summed E-state index contributed by atoms with van der Waals surface area (Å²) in [4.78, 5) is 11.2. The number of carboxylic acids is 1. The van der Waals surface area contributed by atoms with Crippen molar-refractivity contribution in [1.82, 2.24) is 4.57 Å². The van der Waals surface area contributed by atoms with Crippen molar-refractivity contribution in [1.29, 1.82) is 0 Å². The van der Waals surface area contributed by atoms with Crippen LogP contribution in [0.4, 0.5) is 13.2 Å². The topological polar surface area (TPSA) is 51.5 Å². The second-order valence-electron chi connectivity index (χ2n) is 6.08. The lowest BCUT2D eigenvalue weighted by atomic mass is 10.1. The number of carbonyl (C=O) groups is 1. The Hall–Kier alpha value is -2.67. The highest BCUT2D eigenvalue weighted by Crippen LogP contribution is 2.30. The first-order valence-corrected chi connectivity index (χ1v) is 8.35. The van der Waals surface area contributed by atoms with E-state index in [2.05, 4.69) is 4.74 Å². The summed E-state index contributed by atoms with van der Waals surface area (Å²) in [5.74, 6) is -1.28. The van der Waals surface area contributed by atoms with Gasteiger partial charge in [-0.25, -0.2) is 0 Å². The van der Waals surface area contributed by atoms with E-state index in [-0.39, 0.29) is 18.7 Å². The zero-order chi connectivity index (χ0) is 19.8. The fourth-order valence-electron chi connectivity index (χ4n) is 3.13. The zero-order valence-electron chi connectivity index (χ0n) is 14.2. The lowest BCUT2D eigenvalue weighted by molar-refractivity contribution is -0.274. The molecule has 0 aliphatic rings. The third-order valence-electron chi connectivity index (χ3n) is 4.22. The monoisotopic (exact) mass is 397 g/mol. The van der Waals surface area contributed by atoms with Crippen LogP contribution in [-0.4, -0.2) is 22.0 Å². The van der Waals surface area contributed by atoms with Crippen LogP contribution in [0.25, 0.3) is 10.9 Å². The molecule has 0 saturated carbocycles. The van der Waals surface area contributed by atoms with E-state index in [1.165, 1.54) is 18.2 Å². The lowest BCUT2D eigenvalue weighted by Gasteiger charge is -2.12. The van der Waals surface area contributed by atoms with Crippen molar-refractivity contribution in [2.24, 2.45) is 0 Å². The number of aromatic nitrogens is 1. The molecule has 27 heavy (non-hydrogen) atoms. The SMILES string of the molecule is Cc1c(CC(=O)O)c2cc(Cl)ccc2n1Cc1cccc(OC(F)(F)F)c1. The Kier molecular flexibility index (Phi) is 5.06. The number of carboxylic acid groups (broad SMARTS) is 1. The number of halogens is 4. The molecule has 142 valence electrons. The molecule has 1 heterocycles. The summed E-state index contributed by atoms with van der Waals surface area (Å²) in [6.45, 7) is 2.04. The van der Waals surface area contributed by atoms with Gasteiger partial charge in [-0.15, -0.1) is 13.2 Å². The average Bonchev–Trinajstić information content (AvgIpc) is 2.78. The Morgan fingerprint density at radius 1 is 1.22 bits per heavy atom. The van der Waals surface area contributed by atoms with E-state index in [1.807, 2.05) is 4.57 Å². The van der Waals surface area contributed by atoms with Crippen LogP contribution in [0.2, 0.25) is 5.02 Å². The first-order chi connectivity index (χ1) is 12.6. The first-order valence-electron chi connectivity index (χ1n) is 7.98. The fourth-order valence-corrected chi connectivity index (χ4v) is 3.30. The van der Waals surface area contributed by atoms with Gasteiger partial charge in [-0.2, -0.15) is 0 Å². The average molecular weight is 398 g/mol. The molecular weight excluding hydrogens is 383 g/mol. The molecule has 1 N–H and O–H groups in total. The van der Waals surface area contributed by atoms with Gasteiger partial charge in [0.15, 0.2) is 0 Å². The van der Waals surface area contributed by atoms with Gasteiger partial charge in [-0.05, 0) is 48.4 Å². The van der Waals surface area contributed by atoms with E-state index in [0.29, 0.717) is 21.5 Å². The van der Waals surface area contributed by atoms with E-state index >= 15 is 0 Å². The molecule has 0 bridgehead atoms. The standard InChI is InChI=1S/C19H15ClF3NO3/c1-11-15(9-18(25)26)16-8-13(20)5-6-17(16)24(11)10-12-3-2-4-14(7-12)27-19(21,22)23/h2-8H,9-10H2,1H3,(H,25,26). The van der Waals surface area contributed by atoms with Gasteiger partial charge < -0.3 is 14.4 Å². The lowest BCUT2D eigenvalue weighted by Crippen LogP contribution is -2.17. The molecule has 0 aliphatic carbocycles. The molecule has 0 atom stereocenters. The minimum atomic E-state index is -4.76. The largest absolute Gasteiger partial charge is 0.573 e. The van der Waals surface area contributed by atoms with Gasteiger partial charge in [0.25, 0.3) is 0 Å². The number of nitrogens with zero attached hydrogens (tertiary/aromatic N) is 1. The number of ether oxygens (including phenoxy) is 1. The normalized spacial score (nSPS) is 11.7. The van der Waals surface area contributed by atoms with Crippen molar-refractivity contribution < 1.29 is 27.8 Å². The highest BCUT2D eigenvalue weighted by atomic mass is 35.5. The van der Waals surface area contributed by atoms with Crippen molar-refractivity contribution in [2.45, 2.75) is 26.3 Å². The van der Waals surface area contributed by atoms with Crippen molar-refractivity contribution in [2.75, 3.05) is 0 Å². The summed E-state index contributed by atoms with van der Waals surface area (Å²) in [5.41, 5.74) is 2.70. The van der Waals surface area contributed by atoms with Gasteiger partial charge in [-0.3, -0.25) is 4.79 Å². The molecule has 0 amide bonds. The molecule has 0 unspecified atom stereocenters. The second kappa shape index (κ2) is 7.15. The number of fused-ring (bicyclic) bond motifs is 1. The van der Waals surface area contributed by atoms with Crippen molar-refractivity contribution >= 4 is 28.5 Å². The van der Waals surface area contributed by atoms with Gasteiger partial charge in [0, 0.05) is 28.2 Å². The predicted molar refractivity (Wildman–Crippen MR) is 95.3 cm³/mol. The molecule has 0 fully saturated rings. The van der Waals surface area contributed by atoms with Gasteiger partial charge >= 0.3 is 12.3 Å². The van der Waals surface area contributed by atoms with Gasteiger partial charge in [0.05, 0.1) is 6.42 Å². The van der Waals surface area contributed by atoms with E-state index < -0.39 is 12.3 Å². The Morgan fingerprint density at radius 3 is 2.63 bits per heavy atom. The number of benzene rings is 2. The quantitative estimate of drug-likeness (QED) is 0.645. The third-order valence-corrected chi connectivity index (χ3v) is 4.45.